The zero-order chi connectivity index (χ0) is 19.6. The van der Waals surface area contributed by atoms with E-state index in [4.69, 9.17) is 9.47 Å². The quantitative estimate of drug-likeness (QED) is 0.491. The highest BCUT2D eigenvalue weighted by Crippen LogP contribution is 2.23. The lowest BCUT2D eigenvalue weighted by molar-refractivity contribution is 0.406. The van der Waals surface area contributed by atoms with Crippen LogP contribution in [0.3, 0.4) is 0 Å². The van der Waals surface area contributed by atoms with Crippen LogP contribution in [0.4, 0.5) is 0 Å². The molecule has 2 aromatic carbocycles. The Labute approximate surface area is 161 Å². The summed E-state index contributed by atoms with van der Waals surface area (Å²) in [5.74, 6) is 2.46. The van der Waals surface area contributed by atoms with E-state index in [0.29, 0.717) is 25.3 Å². The number of aromatic hydroxyl groups is 1. The maximum absolute atomic E-state index is 10.1. The molecule has 0 aromatic heterocycles. The van der Waals surface area contributed by atoms with Gasteiger partial charge in [-0.3, -0.25) is 0 Å². The highest BCUT2D eigenvalue weighted by atomic mass is 16.5. The molecule has 0 saturated heterocycles. The van der Waals surface area contributed by atoms with Gasteiger partial charge in [-0.15, -0.1) is 0 Å². The smallest absolute Gasteiger partial charge is 0.191 e. The highest BCUT2D eigenvalue weighted by Gasteiger charge is 2.06. The first-order valence-electron chi connectivity index (χ1n) is 9.09. The number of guanidine groups is 1. The van der Waals surface area contributed by atoms with Crippen LogP contribution in [0.15, 0.2) is 41.4 Å². The second kappa shape index (κ2) is 10.3. The van der Waals surface area contributed by atoms with Crippen molar-refractivity contribution in [3.63, 3.8) is 0 Å². The number of methoxy groups -OCH3 is 2. The van der Waals surface area contributed by atoms with E-state index in [9.17, 15) is 5.11 Å². The van der Waals surface area contributed by atoms with Crippen LogP contribution in [0.2, 0.25) is 0 Å². The standard InChI is InChI=1S/C21H29N3O3/c1-5-22-21(24-14-17-7-6-15(2)12-20(17)27-4)23-11-10-16-8-9-18(26-3)13-19(16)25/h6-9,12-13,25H,5,10-11,14H2,1-4H3,(H2,22,23,24). The Kier molecular flexibility index (Phi) is 7.79. The molecule has 27 heavy (non-hydrogen) atoms. The first kappa shape index (κ1) is 20.4. The zero-order valence-corrected chi connectivity index (χ0v) is 16.5. The van der Waals surface area contributed by atoms with Crippen molar-refractivity contribution < 1.29 is 14.6 Å². The van der Waals surface area contributed by atoms with E-state index in [2.05, 4.69) is 21.7 Å². The summed E-state index contributed by atoms with van der Waals surface area (Å²) in [6.45, 7) is 6.00. The molecule has 6 heteroatoms. The molecule has 0 heterocycles. The summed E-state index contributed by atoms with van der Waals surface area (Å²) in [5, 5.41) is 16.6. The molecule has 0 aliphatic heterocycles. The predicted octanol–water partition coefficient (Wildman–Crippen LogP) is 3.02. The van der Waals surface area contributed by atoms with Gasteiger partial charge in [0.15, 0.2) is 5.96 Å². The minimum atomic E-state index is 0.238. The molecule has 0 saturated carbocycles. The maximum atomic E-state index is 10.1. The number of phenols is 1. The van der Waals surface area contributed by atoms with Crippen LogP contribution in [-0.2, 0) is 13.0 Å². The molecule has 0 spiro atoms. The molecule has 0 aliphatic rings. The van der Waals surface area contributed by atoms with Gasteiger partial charge in [0.25, 0.3) is 0 Å². The van der Waals surface area contributed by atoms with Crippen molar-refractivity contribution in [1.82, 2.24) is 10.6 Å². The summed E-state index contributed by atoms with van der Waals surface area (Å²) >= 11 is 0. The highest BCUT2D eigenvalue weighted by molar-refractivity contribution is 5.79. The lowest BCUT2D eigenvalue weighted by atomic mass is 10.1. The van der Waals surface area contributed by atoms with Gasteiger partial charge in [0.1, 0.15) is 17.2 Å². The molecule has 0 bridgehead atoms. The van der Waals surface area contributed by atoms with E-state index in [1.807, 2.05) is 38.1 Å². The number of benzene rings is 2. The Morgan fingerprint density at radius 2 is 1.81 bits per heavy atom. The SMILES string of the molecule is CCNC(=NCc1ccc(C)cc1OC)NCCc1ccc(OC)cc1O. The van der Waals surface area contributed by atoms with Gasteiger partial charge < -0.3 is 25.2 Å². The largest absolute Gasteiger partial charge is 0.508 e. The molecular formula is C21H29N3O3. The molecule has 0 unspecified atom stereocenters. The minimum Gasteiger partial charge on any atom is -0.508 e. The number of phenolic OH excluding ortho intramolecular Hbond substituents is 1. The van der Waals surface area contributed by atoms with Crippen LogP contribution < -0.4 is 20.1 Å². The van der Waals surface area contributed by atoms with E-state index in [0.717, 1.165) is 34.9 Å². The van der Waals surface area contributed by atoms with Crippen molar-refractivity contribution >= 4 is 5.96 Å². The van der Waals surface area contributed by atoms with E-state index in [-0.39, 0.29) is 5.75 Å². The van der Waals surface area contributed by atoms with Crippen molar-refractivity contribution in [2.45, 2.75) is 26.8 Å². The van der Waals surface area contributed by atoms with Crippen LogP contribution in [-0.4, -0.2) is 38.4 Å². The Balaban J connectivity index is 1.98. The average Bonchev–Trinajstić information content (AvgIpc) is 2.67. The number of nitrogens with zero attached hydrogens (tertiary/aromatic N) is 1. The summed E-state index contributed by atoms with van der Waals surface area (Å²) in [6, 6.07) is 11.4. The van der Waals surface area contributed by atoms with Gasteiger partial charge in [0, 0.05) is 24.7 Å². The molecule has 0 fully saturated rings. The Hall–Kier alpha value is -2.89. The van der Waals surface area contributed by atoms with Gasteiger partial charge in [-0.05, 0) is 43.5 Å². The summed E-state index contributed by atoms with van der Waals surface area (Å²) < 4.78 is 10.6. The molecule has 0 atom stereocenters. The molecular weight excluding hydrogens is 342 g/mol. The van der Waals surface area contributed by atoms with Gasteiger partial charge in [0.05, 0.1) is 20.8 Å². The number of aryl methyl sites for hydroxylation is 1. The zero-order valence-electron chi connectivity index (χ0n) is 16.5. The van der Waals surface area contributed by atoms with Crippen molar-refractivity contribution in [3.05, 3.63) is 53.1 Å². The lowest BCUT2D eigenvalue weighted by Crippen LogP contribution is -2.38. The van der Waals surface area contributed by atoms with Crippen molar-refractivity contribution in [2.24, 2.45) is 4.99 Å². The second-order valence-corrected chi connectivity index (χ2v) is 6.18. The minimum absolute atomic E-state index is 0.238. The van der Waals surface area contributed by atoms with E-state index < -0.39 is 0 Å². The van der Waals surface area contributed by atoms with Gasteiger partial charge in [-0.2, -0.15) is 0 Å². The third-order valence-corrected chi connectivity index (χ3v) is 4.17. The van der Waals surface area contributed by atoms with E-state index in [1.165, 1.54) is 0 Å². The van der Waals surface area contributed by atoms with E-state index >= 15 is 0 Å². The van der Waals surface area contributed by atoms with E-state index in [1.54, 1.807) is 20.3 Å². The van der Waals surface area contributed by atoms with Gasteiger partial charge in [-0.1, -0.05) is 18.2 Å². The summed E-state index contributed by atoms with van der Waals surface area (Å²) in [7, 11) is 3.25. The predicted molar refractivity (Wildman–Crippen MR) is 109 cm³/mol. The second-order valence-electron chi connectivity index (χ2n) is 6.18. The number of rotatable bonds is 8. The number of aliphatic imine (C=N–C) groups is 1. The Morgan fingerprint density at radius 1 is 1.04 bits per heavy atom. The number of hydrogen-bond donors (Lipinski definition) is 3. The molecule has 2 aromatic rings. The molecule has 146 valence electrons. The van der Waals surface area contributed by atoms with Crippen LogP contribution >= 0.6 is 0 Å². The average molecular weight is 371 g/mol. The van der Waals surface area contributed by atoms with Gasteiger partial charge in [-0.25, -0.2) is 4.99 Å². The van der Waals surface area contributed by atoms with Gasteiger partial charge >= 0.3 is 0 Å². The molecule has 0 amide bonds. The summed E-state index contributed by atoms with van der Waals surface area (Å²) in [6.07, 6.45) is 0.675. The Morgan fingerprint density at radius 3 is 2.48 bits per heavy atom. The Bertz CT molecular complexity index is 775. The number of hydrogen-bond acceptors (Lipinski definition) is 4. The molecule has 2 rings (SSSR count). The van der Waals surface area contributed by atoms with Crippen LogP contribution in [0, 0.1) is 6.92 Å². The number of ether oxygens (including phenoxy) is 2. The topological polar surface area (TPSA) is 75.1 Å². The van der Waals surface area contributed by atoms with Crippen molar-refractivity contribution in [2.75, 3.05) is 27.3 Å². The summed E-state index contributed by atoms with van der Waals surface area (Å²) in [4.78, 5) is 4.63. The molecule has 3 N–H and O–H groups in total. The molecule has 6 nitrogen and oxygen atoms in total. The van der Waals surface area contributed by atoms with Crippen LogP contribution in [0.5, 0.6) is 17.2 Å². The third kappa shape index (κ3) is 6.09. The fraction of sp³-hybridized carbons (Fsp3) is 0.381. The fourth-order valence-corrected chi connectivity index (χ4v) is 2.69. The van der Waals surface area contributed by atoms with Crippen LogP contribution in [0.25, 0.3) is 0 Å². The normalized spacial score (nSPS) is 11.2. The third-order valence-electron chi connectivity index (χ3n) is 4.17. The molecule has 0 radical (unpaired) electrons. The first-order valence-corrected chi connectivity index (χ1v) is 9.09. The summed E-state index contributed by atoms with van der Waals surface area (Å²) in [5.41, 5.74) is 3.05. The number of nitrogens with one attached hydrogen (secondary N) is 2. The first-order chi connectivity index (χ1) is 13.1. The monoisotopic (exact) mass is 371 g/mol. The van der Waals surface area contributed by atoms with Gasteiger partial charge in [0.2, 0.25) is 0 Å². The lowest BCUT2D eigenvalue weighted by Gasteiger charge is -2.13. The fourth-order valence-electron chi connectivity index (χ4n) is 2.69. The van der Waals surface area contributed by atoms with Crippen LogP contribution in [0.1, 0.15) is 23.6 Å². The molecule has 0 aliphatic carbocycles. The van der Waals surface area contributed by atoms with Crippen molar-refractivity contribution in [1.29, 1.82) is 0 Å². The maximum Gasteiger partial charge on any atom is 0.191 e. The van der Waals surface area contributed by atoms with Crippen molar-refractivity contribution in [3.8, 4) is 17.2 Å².